The molecule has 3 aromatic rings. The number of aryl methyl sites for hydroxylation is 1. The zero-order chi connectivity index (χ0) is 19.1. The quantitative estimate of drug-likeness (QED) is 0.541. The normalized spacial score (nSPS) is 10.7. The average Bonchev–Trinajstić information content (AvgIpc) is 2.70. The molecule has 0 bridgehead atoms. The van der Waals surface area contributed by atoms with Crippen LogP contribution in [0.25, 0.3) is 16.8 Å². The number of rotatable bonds is 5. The van der Waals surface area contributed by atoms with E-state index in [4.69, 9.17) is 4.74 Å². The number of carbonyl (C=O) groups is 2. The molecule has 0 atom stereocenters. The molecular weight excluding hydrogens is 340 g/mol. The van der Waals surface area contributed by atoms with E-state index in [2.05, 4.69) is 10.9 Å². The third-order valence-corrected chi connectivity index (χ3v) is 3.95. The van der Waals surface area contributed by atoms with E-state index >= 15 is 0 Å². The number of hydrazine groups is 1. The molecule has 0 heterocycles. The molecule has 3 aromatic carbocycles. The van der Waals surface area contributed by atoms with E-state index in [-0.39, 0.29) is 6.61 Å². The predicted octanol–water partition coefficient (Wildman–Crippen LogP) is 3.39. The Hall–Kier alpha value is -3.60. The molecule has 0 unspecified atom stereocenters. The van der Waals surface area contributed by atoms with Crippen LogP contribution in [0.3, 0.4) is 0 Å². The van der Waals surface area contributed by atoms with Crippen molar-refractivity contribution in [3.63, 3.8) is 0 Å². The Bertz CT molecular complexity index is 973. The second-order valence-electron chi connectivity index (χ2n) is 6.04. The van der Waals surface area contributed by atoms with Crippen molar-refractivity contribution in [2.24, 2.45) is 0 Å². The van der Waals surface area contributed by atoms with Crippen molar-refractivity contribution in [1.29, 1.82) is 0 Å². The number of benzene rings is 3. The molecule has 0 saturated carbocycles. The third-order valence-electron chi connectivity index (χ3n) is 3.95. The fourth-order valence-electron chi connectivity index (χ4n) is 2.55. The predicted molar refractivity (Wildman–Crippen MR) is 106 cm³/mol. The van der Waals surface area contributed by atoms with E-state index in [1.54, 1.807) is 18.2 Å². The van der Waals surface area contributed by atoms with Crippen molar-refractivity contribution in [3.05, 3.63) is 83.9 Å². The van der Waals surface area contributed by atoms with Gasteiger partial charge in [-0.3, -0.25) is 20.4 Å². The summed E-state index contributed by atoms with van der Waals surface area (Å²) < 4.78 is 5.35. The van der Waals surface area contributed by atoms with Gasteiger partial charge in [0.2, 0.25) is 0 Å². The lowest BCUT2D eigenvalue weighted by atomic mass is 10.0. The Kier molecular flexibility index (Phi) is 5.84. The first-order valence-electron chi connectivity index (χ1n) is 8.56. The third kappa shape index (κ3) is 5.19. The summed E-state index contributed by atoms with van der Waals surface area (Å²) in [5, 5.41) is 2.15. The van der Waals surface area contributed by atoms with Gasteiger partial charge in [0, 0.05) is 6.08 Å². The summed E-state index contributed by atoms with van der Waals surface area (Å²) in [6.45, 7) is 1.79. The van der Waals surface area contributed by atoms with E-state index in [0.29, 0.717) is 5.75 Å². The Morgan fingerprint density at radius 3 is 2.48 bits per heavy atom. The van der Waals surface area contributed by atoms with Crippen LogP contribution in [0.15, 0.2) is 72.8 Å². The minimum absolute atomic E-state index is 0.184. The Balaban J connectivity index is 1.49. The first-order chi connectivity index (χ1) is 13.1. The van der Waals surface area contributed by atoms with Crippen LogP contribution in [-0.2, 0) is 9.59 Å². The van der Waals surface area contributed by atoms with Crippen LogP contribution < -0.4 is 15.6 Å². The zero-order valence-electron chi connectivity index (χ0n) is 14.9. The number of carbonyl (C=O) groups excluding carboxylic acids is 2. The Morgan fingerprint density at radius 1 is 0.926 bits per heavy atom. The van der Waals surface area contributed by atoms with Crippen molar-refractivity contribution >= 4 is 28.7 Å². The summed E-state index contributed by atoms with van der Waals surface area (Å²) in [6, 6.07) is 21.2. The highest BCUT2D eigenvalue weighted by atomic mass is 16.5. The summed E-state index contributed by atoms with van der Waals surface area (Å²) in [6.07, 6.45) is 3.09. The van der Waals surface area contributed by atoms with E-state index in [9.17, 15) is 9.59 Å². The van der Waals surface area contributed by atoms with Gasteiger partial charge in [-0.1, -0.05) is 60.2 Å². The maximum Gasteiger partial charge on any atom is 0.276 e. The van der Waals surface area contributed by atoms with Gasteiger partial charge in [-0.05, 0) is 41.5 Å². The van der Waals surface area contributed by atoms with Crippen molar-refractivity contribution in [2.45, 2.75) is 6.92 Å². The van der Waals surface area contributed by atoms with Gasteiger partial charge >= 0.3 is 0 Å². The first-order valence-corrected chi connectivity index (χ1v) is 8.56. The molecule has 0 saturated heterocycles. The molecule has 0 spiro atoms. The van der Waals surface area contributed by atoms with Crippen LogP contribution in [0.2, 0.25) is 0 Å². The number of amides is 2. The average molecular weight is 360 g/mol. The van der Waals surface area contributed by atoms with Crippen molar-refractivity contribution in [1.82, 2.24) is 10.9 Å². The van der Waals surface area contributed by atoms with Gasteiger partial charge in [0.25, 0.3) is 11.8 Å². The van der Waals surface area contributed by atoms with E-state index in [1.165, 1.54) is 6.08 Å². The second kappa shape index (κ2) is 8.67. The van der Waals surface area contributed by atoms with Crippen LogP contribution >= 0.6 is 0 Å². The van der Waals surface area contributed by atoms with E-state index in [1.807, 2.05) is 61.5 Å². The molecule has 0 aliphatic rings. The van der Waals surface area contributed by atoms with Gasteiger partial charge in [0.15, 0.2) is 6.61 Å². The SMILES string of the molecule is Cc1ccc(OCC(=O)NNC(=O)C=Cc2cccc3ccccc23)cc1. The lowest BCUT2D eigenvalue weighted by Gasteiger charge is -2.08. The molecule has 136 valence electrons. The van der Waals surface area contributed by atoms with Gasteiger partial charge in [0.1, 0.15) is 5.75 Å². The fourth-order valence-corrected chi connectivity index (χ4v) is 2.55. The van der Waals surface area contributed by atoms with Crippen molar-refractivity contribution in [2.75, 3.05) is 6.61 Å². The summed E-state index contributed by atoms with van der Waals surface area (Å²) >= 11 is 0. The highest BCUT2D eigenvalue weighted by Gasteiger charge is 2.04. The summed E-state index contributed by atoms with van der Waals surface area (Å²) in [7, 11) is 0. The van der Waals surface area contributed by atoms with Gasteiger partial charge in [-0.15, -0.1) is 0 Å². The zero-order valence-corrected chi connectivity index (χ0v) is 14.9. The Morgan fingerprint density at radius 2 is 1.67 bits per heavy atom. The molecule has 0 aromatic heterocycles. The fraction of sp³-hybridized carbons (Fsp3) is 0.0909. The number of fused-ring (bicyclic) bond motifs is 1. The summed E-state index contributed by atoms with van der Waals surface area (Å²) in [5.41, 5.74) is 6.70. The monoisotopic (exact) mass is 360 g/mol. The van der Waals surface area contributed by atoms with Crippen LogP contribution in [0.4, 0.5) is 0 Å². The minimum Gasteiger partial charge on any atom is -0.484 e. The Labute approximate surface area is 157 Å². The van der Waals surface area contributed by atoms with Crippen LogP contribution in [0.1, 0.15) is 11.1 Å². The molecule has 0 aliphatic heterocycles. The number of hydrogen-bond acceptors (Lipinski definition) is 3. The van der Waals surface area contributed by atoms with E-state index in [0.717, 1.165) is 21.9 Å². The van der Waals surface area contributed by atoms with Gasteiger partial charge in [0.05, 0.1) is 0 Å². The maximum absolute atomic E-state index is 11.9. The standard InChI is InChI=1S/C22H20N2O3/c1-16-9-12-19(13-10-16)27-15-22(26)24-23-21(25)14-11-18-7-4-6-17-5-2-3-8-20(17)18/h2-14H,15H2,1H3,(H,23,25)(H,24,26). The number of nitrogens with one attached hydrogen (secondary N) is 2. The van der Waals surface area contributed by atoms with Crippen molar-refractivity contribution in [3.8, 4) is 5.75 Å². The van der Waals surface area contributed by atoms with Crippen LogP contribution in [0.5, 0.6) is 5.75 Å². The molecule has 3 rings (SSSR count). The van der Waals surface area contributed by atoms with E-state index < -0.39 is 11.8 Å². The topological polar surface area (TPSA) is 67.4 Å². The number of ether oxygens (including phenoxy) is 1. The van der Waals surface area contributed by atoms with Gasteiger partial charge in [-0.25, -0.2) is 0 Å². The van der Waals surface area contributed by atoms with Crippen molar-refractivity contribution < 1.29 is 14.3 Å². The lowest BCUT2D eigenvalue weighted by molar-refractivity contribution is -0.128. The second-order valence-corrected chi connectivity index (χ2v) is 6.04. The molecule has 2 amide bonds. The minimum atomic E-state index is -0.442. The highest BCUT2D eigenvalue weighted by Crippen LogP contribution is 2.19. The molecule has 5 heteroatoms. The van der Waals surface area contributed by atoms with Crippen LogP contribution in [-0.4, -0.2) is 18.4 Å². The van der Waals surface area contributed by atoms with Gasteiger partial charge in [-0.2, -0.15) is 0 Å². The molecule has 2 N–H and O–H groups in total. The number of hydrogen-bond donors (Lipinski definition) is 2. The molecule has 0 fully saturated rings. The molecular formula is C22H20N2O3. The summed E-state index contributed by atoms with van der Waals surface area (Å²) in [5.74, 6) is -0.271. The highest BCUT2D eigenvalue weighted by molar-refractivity contribution is 5.97. The largest absolute Gasteiger partial charge is 0.484 e. The maximum atomic E-state index is 11.9. The molecule has 0 aliphatic carbocycles. The smallest absolute Gasteiger partial charge is 0.276 e. The molecule has 5 nitrogen and oxygen atoms in total. The van der Waals surface area contributed by atoms with Gasteiger partial charge < -0.3 is 4.74 Å². The molecule has 27 heavy (non-hydrogen) atoms. The first kappa shape index (κ1) is 18.2. The molecule has 0 radical (unpaired) electrons. The van der Waals surface area contributed by atoms with Crippen LogP contribution in [0, 0.1) is 6.92 Å². The summed E-state index contributed by atoms with van der Waals surface area (Å²) in [4.78, 5) is 23.7. The lowest BCUT2D eigenvalue weighted by Crippen LogP contribution is -2.43.